The van der Waals surface area contributed by atoms with Crippen LogP contribution < -0.4 is 5.32 Å². The summed E-state index contributed by atoms with van der Waals surface area (Å²) in [6.07, 6.45) is 8.18. The number of hydrogen-bond donors (Lipinski definition) is 1. The Hall–Kier alpha value is -0.120. The first-order valence-corrected chi connectivity index (χ1v) is 7.81. The van der Waals surface area contributed by atoms with E-state index in [9.17, 15) is 0 Å². The second-order valence-corrected chi connectivity index (χ2v) is 6.25. The highest BCUT2D eigenvalue weighted by Crippen LogP contribution is 2.19. The van der Waals surface area contributed by atoms with Gasteiger partial charge in [-0.05, 0) is 65.1 Å². The van der Waals surface area contributed by atoms with E-state index >= 15 is 0 Å². The third kappa shape index (κ3) is 4.22. The van der Waals surface area contributed by atoms with Crippen LogP contribution in [0.4, 0.5) is 0 Å². The van der Waals surface area contributed by atoms with Crippen molar-refractivity contribution < 1.29 is 4.74 Å². The molecule has 0 radical (unpaired) electrons. The van der Waals surface area contributed by atoms with Crippen molar-refractivity contribution in [3.63, 3.8) is 0 Å². The summed E-state index contributed by atoms with van der Waals surface area (Å²) >= 11 is 0. The van der Waals surface area contributed by atoms with Gasteiger partial charge in [0.1, 0.15) is 0 Å². The number of nitrogens with zero attached hydrogens (tertiary/aromatic N) is 1. The molecular formula is C15H30N2O. The summed E-state index contributed by atoms with van der Waals surface area (Å²) in [5.41, 5.74) is 0.320. The SMILES string of the molecule is CCC1(C)CN(CCCC2CCCO2)CCCN1. The van der Waals surface area contributed by atoms with Gasteiger partial charge in [0.05, 0.1) is 6.10 Å². The Morgan fingerprint density at radius 2 is 2.28 bits per heavy atom. The Labute approximate surface area is 112 Å². The number of ether oxygens (including phenoxy) is 1. The Kier molecular flexibility index (Phi) is 5.46. The lowest BCUT2D eigenvalue weighted by atomic mass is 9.98. The minimum atomic E-state index is 0.320. The van der Waals surface area contributed by atoms with Gasteiger partial charge in [-0.25, -0.2) is 0 Å². The highest BCUT2D eigenvalue weighted by atomic mass is 16.5. The van der Waals surface area contributed by atoms with Gasteiger partial charge in [-0.1, -0.05) is 6.92 Å². The standard InChI is InChI=1S/C15H30N2O/c1-3-15(2)13-17(11-6-9-16-15)10-4-7-14-8-5-12-18-14/h14,16H,3-13H2,1-2H3. The molecule has 2 aliphatic rings. The predicted molar refractivity (Wildman–Crippen MR) is 76.0 cm³/mol. The molecule has 106 valence electrons. The minimum absolute atomic E-state index is 0.320. The molecular weight excluding hydrogens is 224 g/mol. The molecule has 0 aromatic rings. The van der Waals surface area contributed by atoms with Crippen LogP contribution >= 0.6 is 0 Å². The fourth-order valence-corrected chi connectivity index (χ4v) is 3.16. The average Bonchev–Trinajstić information content (AvgIpc) is 2.80. The van der Waals surface area contributed by atoms with E-state index in [1.165, 1.54) is 64.7 Å². The average molecular weight is 254 g/mol. The van der Waals surface area contributed by atoms with Gasteiger partial charge in [0.15, 0.2) is 0 Å². The van der Waals surface area contributed by atoms with Crippen molar-refractivity contribution in [1.29, 1.82) is 0 Å². The summed E-state index contributed by atoms with van der Waals surface area (Å²) < 4.78 is 5.70. The van der Waals surface area contributed by atoms with E-state index in [1.807, 2.05) is 0 Å². The predicted octanol–water partition coefficient (Wildman–Crippen LogP) is 2.41. The first kappa shape index (κ1) is 14.3. The van der Waals surface area contributed by atoms with Crippen molar-refractivity contribution in [2.45, 2.75) is 64.0 Å². The summed E-state index contributed by atoms with van der Waals surface area (Å²) in [6, 6.07) is 0. The van der Waals surface area contributed by atoms with Crippen LogP contribution in [0.15, 0.2) is 0 Å². The molecule has 2 atom stereocenters. The molecule has 2 fully saturated rings. The third-order valence-corrected chi connectivity index (χ3v) is 4.58. The maximum Gasteiger partial charge on any atom is 0.0576 e. The van der Waals surface area contributed by atoms with E-state index in [-0.39, 0.29) is 0 Å². The minimum Gasteiger partial charge on any atom is -0.378 e. The monoisotopic (exact) mass is 254 g/mol. The lowest BCUT2D eigenvalue weighted by Gasteiger charge is -2.32. The van der Waals surface area contributed by atoms with Crippen molar-refractivity contribution in [3.8, 4) is 0 Å². The van der Waals surface area contributed by atoms with Gasteiger partial charge in [0.2, 0.25) is 0 Å². The Balaban J connectivity index is 1.70. The molecule has 0 aliphatic carbocycles. The number of nitrogens with one attached hydrogen (secondary N) is 1. The molecule has 3 heteroatoms. The largest absolute Gasteiger partial charge is 0.378 e. The summed E-state index contributed by atoms with van der Waals surface area (Å²) in [6.45, 7) is 10.5. The maximum absolute atomic E-state index is 5.70. The molecule has 2 saturated heterocycles. The number of rotatable bonds is 5. The fourth-order valence-electron chi connectivity index (χ4n) is 3.16. The Bertz CT molecular complexity index is 241. The van der Waals surface area contributed by atoms with Crippen LogP contribution in [0, 0.1) is 0 Å². The van der Waals surface area contributed by atoms with Crippen molar-refractivity contribution in [2.75, 3.05) is 32.8 Å². The second kappa shape index (κ2) is 6.88. The van der Waals surface area contributed by atoms with Crippen LogP contribution in [-0.4, -0.2) is 49.3 Å². The van der Waals surface area contributed by atoms with Crippen molar-refractivity contribution in [3.05, 3.63) is 0 Å². The maximum atomic E-state index is 5.70. The van der Waals surface area contributed by atoms with Crippen LogP contribution in [0.3, 0.4) is 0 Å². The molecule has 18 heavy (non-hydrogen) atoms. The summed E-state index contributed by atoms with van der Waals surface area (Å²) in [5, 5.41) is 3.70. The zero-order chi connectivity index (χ0) is 12.8. The quantitative estimate of drug-likeness (QED) is 0.815. The zero-order valence-electron chi connectivity index (χ0n) is 12.2. The van der Waals surface area contributed by atoms with Gasteiger partial charge in [-0.15, -0.1) is 0 Å². The molecule has 2 heterocycles. The normalized spacial score (nSPS) is 34.7. The molecule has 2 unspecified atom stereocenters. The van der Waals surface area contributed by atoms with Crippen molar-refractivity contribution in [2.24, 2.45) is 0 Å². The van der Waals surface area contributed by atoms with Crippen molar-refractivity contribution in [1.82, 2.24) is 10.2 Å². The molecule has 0 aromatic carbocycles. The van der Waals surface area contributed by atoms with E-state index in [2.05, 4.69) is 24.1 Å². The first-order chi connectivity index (χ1) is 8.72. The topological polar surface area (TPSA) is 24.5 Å². The third-order valence-electron chi connectivity index (χ3n) is 4.58. The van der Waals surface area contributed by atoms with Crippen LogP contribution in [0.25, 0.3) is 0 Å². The summed E-state index contributed by atoms with van der Waals surface area (Å²) in [5.74, 6) is 0. The summed E-state index contributed by atoms with van der Waals surface area (Å²) in [4.78, 5) is 2.65. The van der Waals surface area contributed by atoms with Gasteiger partial charge in [-0.2, -0.15) is 0 Å². The number of hydrogen-bond acceptors (Lipinski definition) is 3. The molecule has 0 saturated carbocycles. The first-order valence-electron chi connectivity index (χ1n) is 7.81. The van der Waals surface area contributed by atoms with E-state index < -0.39 is 0 Å². The molecule has 0 bridgehead atoms. The van der Waals surface area contributed by atoms with Crippen LogP contribution in [-0.2, 0) is 4.74 Å². The van der Waals surface area contributed by atoms with E-state index in [0.717, 1.165) is 6.61 Å². The van der Waals surface area contributed by atoms with Gasteiger partial charge in [-0.3, -0.25) is 0 Å². The van der Waals surface area contributed by atoms with Gasteiger partial charge in [0.25, 0.3) is 0 Å². The molecule has 2 rings (SSSR count). The van der Waals surface area contributed by atoms with E-state index in [0.29, 0.717) is 11.6 Å². The van der Waals surface area contributed by atoms with Gasteiger partial charge in [0, 0.05) is 18.7 Å². The van der Waals surface area contributed by atoms with Gasteiger partial charge >= 0.3 is 0 Å². The van der Waals surface area contributed by atoms with Gasteiger partial charge < -0.3 is 15.0 Å². The smallest absolute Gasteiger partial charge is 0.0576 e. The van der Waals surface area contributed by atoms with E-state index in [4.69, 9.17) is 4.74 Å². The van der Waals surface area contributed by atoms with Crippen LogP contribution in [0.1, 0.15) is 52.4 Å². The molecule has 1 N–H and O–H groups in total. The highest BCUT2D eigenvalue weighted by molar-refractivity contribution is 4.87. The van der Waals surface area contributed by atoms with E-state index in [1.54, 1.807) is 0 Å². The lowest BCUT2D eigenvalue weighted by molar-refractivity contribution is 0.0976. The lowest BCUT2D eigenvalue weighted by Crippen LogP contribution is -2.48. The van der Waals surface area contributed by atoms with Crippen molar-refractivity contribution >= 4 is 0 Å². The zero-order valence-corrected chi connectivity index (χ0v) is 12.2. The molecule has 0 aromatic heterocycles. The Morgan fingerprint density at radius 1 is 1.39 bits per heavy atom. The molecule has 2 aliphatic heterocycles. The molecule has 0 amide bonds. The highest BCUT2D eigenvalue weighted by Gasteiger charge is 2.26. The molecule has 0 spiro atoms. The molecule has 3 nitrogen and oxygen atoms in total. The summed E-state index contributed by atoms with van der Waals surface area (Å²) in [7, 11) is 0. The van der Waals surface area contributed by atoms with Crippen LogP contribution in [0.2, 0.25) is 0 Å². The Morgan fingerprint density at radius 3 is 3.00 bits per heavy atom. The second-order valence-electron chi connectivity index (χ2n) is 6.25. The van der Waals surface area contributed by atoms with Crippen LogP contribution in [0.5, 0.6) is 0 Å². The fraction of sp³-hybridized carbons (Fsp3) is 1.00.